The number of methoxy groups -OCH3 is 1. The molecule has 0 amide bonds. The van der Waals surface area contributed by atoms with Crippen molar-refractivity contribution in [1.29, 1.82) is 0 Å². The van der Waals surface area contributed by atoms with Crippen LogP contribution in [-0.2, 0) is 9.47 Å². The summed E-state index contributed by atoms with van der Waals surface area (Å²) in [4.78, 5) is 2.55. The lowest BCUT2D eigenvalue weighted by Gasteiger charge is -2.48. The molecule has 1 fully saturated rings. The molecule has 1 heterocycles. The van der Waals surface area contributed by atoms with Gasteiger partial charge in [-0.05, 0) is 25.2 Å². The molecule has 2 unspecified atom stereocenters. The topological polar surface area (TPSA) is 47.7 Å². The van der Waals surface area contributed by atoms with E-state index in [-0.39, 0.29) is 5.54 Å². The zero-order chi connectivity index (χ0) is 14.3. The monoisotopic (exact) mass is 272 g/mol. The standard InChI is InChI=1S/C15H32N2O2/c1-5-14-10-15(12-16,6-8-19-14)17(7-9-18-4)11-13(2)3/h13-14H,5-12,16H2,1-4H3. The summed E-state index contributed by atoms with van der Waals surface area (Å²) in [5.74, 6) is 0.642. The predicted molar refractivity (Wildman–Crippen MR) is 79.3 cm³/mol. The second-order valence-electron chi connectivity index (χ2n) is 6.12. The minimum absolute atomic E-state index is 0.0989. The first-order chi connectivity index (χ1) is 9.07. The van der Waals surface area contributed by atoms with Crippen LogP contribution in [0.2, 0.25) is 0 Å². The van der Waals surface area contributed by atoms with Gasteiger partial charge in [0.2, 0.25) is 0 Å². The van der Waals surface area contributed by atoms with Crippen LogP contribution in [0.5, 0.6) is 0 Å². The van der Waals surface area contributed by atoms with E-state index in [9.17, 15) is 0 Å². The zero-order valence-electron chi connectivity index (χ0n) is 13.2. The first kappa shape index (κ1) is 16.9. The third kappa shape index (κ3) is 4.71. The average molecular weight is 272 g/mol. The molecule has 0 aromatic rings. The highest BCUT2D eigenvalue weighted by molar-refractivity contribution is 4.96. The maximum atomic E-state index is 6.17. The lowest BCUT2D eigenvalue weighted by atomic mass is 9.83. The molecule has 0 aromatic heterocycles. The van der Waals surface area contributed by atoms with E-state index < -0.39 is 0 Å². The number of hydrogen-bond donors (Lipinski definition) is 1. The molecule has 0 saturated carbocycles. The number of hydrogen-bond acceptors (Lipinski definition) is 4. The second kappa shape index (κ2) is 8.20. The van der Waals surface area contributed by atoms with Crippen molar-refractivity contribution in [1.82, 2.24) is 4.90 Å². The SMILES string of the molecule is CCC1CC(CN)(N(CCOC)CC(C)C)CCO1. The van der Waals surface area contributed by atoms with Gasteiger partial charge in [0.25, 0.3) is 0 Å². The molecule has 0 radical (unpaired) electrons. The molecule has 2 atom stereocenters. The molecule has 0 aromatic carbocycles. The van der Waals surface area contributed by atoms with E-state index in [1.54, 1.807) is 7.11 Å². The van der Waals surface area contributed by atoms with Crippen LogP contribution in [0, 0.1) is 5.92 Å². The molecule has 19 heavy (non-hydrogen) atoms. The Morgan fingerprint density at radius 1 is 1.47 bits per heavy atom. The van der Waals surface area contributed by atoms with E-state index in [1.807, 2.05) is 0 Å². The first-order valence-corrected chi connectivity index (χ1v) is 7.63. The fraction of sp³-hybridized carbons (Fsp3) is 1.00. The Labute approximate surface area is 118 Å². The normalized spacial score (nSPS) is 28.3. The summed E-state index contributed by atoms with van der Waals surface area (Å²) in [5.41, 5.74) is 6.26. The molecule has 114 valence electrons. The van der Waals surface area contributed by atoms with Crippen molar-refractivity contribution in [2.75, 3.05) is 40.0 Å². The Balaban J connectivity index is 2.79. The van der Waals surface area contributed by atoms with Crippen LogP contribution in [-0.4, -0.2) is 56.5 Å². The Bertz CT molecular complexity index is 248. The lowest BCUT2D eigenvalue weighted by molar-refractivity contribution is -0.0789. The van der Waals surface area contributed by atoms with Gasteiger partial charge < -0.3 is 15.2 Å². The summed E-state index contributed by atoms with van der Waals surface area (Å²) in [6, 6.07) is 0. The van der Waals surface area contributed by atoms with Crippen molar-refractivity contribution < 1.29 is 9.47 Å². The second-order valence-corrected chi connectivity index (χ2v) is 6.12. The molecule has 0 spiro atoms. The van der Waals surface area contributed by atoms with Crippen LogP contribution in [0.3, 0.4) is 0 Å². The van der Waals surface area contributed by atoms with Crippen molar-refractivity contribution in [3.8, 4) is 0 Å². The fourth-order valence-electron chi connectivity index (χ4n) is 3.03. The van der Waals surface area contributed by atoms with Crippen molar-refractivity contribution >= 4 is 0 Å². The Morgan fingerprint density at radius 2 is 2.21 bits per heavy atom. The molecule has 1 rings (SSSR count). The Kier molecular flexibility index (Phi) is 7.29. The van der Waals surface area contributed by atoms with E-state index in [2.05, 4.69) is 25.7 Å². The molecule has 0 aliphatic carbocycles. The fourth-order valence-corrected chi connectivity index (χ4v) is 3.03. The van der Waals surface area contributed by atoms with Gasteiger partial charge in [0.05, 0.1) is 12.7 Å². The Hall–Kier alpha value is -0.160. The van der Waals surface area contributed by atoms with Crippen LogP contribution < -0.4 is 5.73 Å². The van der Waals surface area contributed by atoms with Gasteiger partial charge in [-0.3, -0.25) is 4.90 Å². The molecule has 1 aliphatic rings. The smallest absolute Gasteiger partial charge is 0.0590 e. The highest BCUT2D eigenvalue weighted by Crippen LogP contribution is 2.32. The third-order valence-corrected chi connectivity index (χ3v) is 4.19. The largest absolute Gasteiger partial charge is 0.383 e. The summed E-state index contributed by atoms with van der Waals surface area (Å²) in [6.45, 7) is 11.1. The van der Waals surface area contributed by atoms with Crippen LogP contribution in [0.1, 0.15) is 40.0 Å². The van der Waals surface area contributed by atoms with Gasteiger partial charge >= 0.3 is 0 Å². The highest BCUT2D eigenvalue weighted by atomic mass is 16.5. The quantitative estimate of drug-likeness (QED) is 0.733. The van der Waals surface area contributed by atoms with Gasteiger partial charge in [0, 0.05) is 38.9 Å². The predicted octanol–water partition coefficient (Wildman–Crippen LogP) is 1.88. The number of ether oxygens (including phenoxy) is 2. The molecular weight excluding hydrogens is 240 g/mol. The average Bonchev–Trinajstić information content (AvgIpc) is 2.42. The first-order valence-electron chi connectivity index (χ1n) is 7.63. The van der Waals surface area contributed by atoms with Crippen molar-refractivity contribution in [3.63, 3.8) is 0 Å². The summed E-state index contributed by atoms with van der Waals surface area (Å²) in [5, 5.41) is 0. The van der Waals surface area contributed by atoms with Gasteiger partial charge in [-0.1, -0.05) is 20.8 Å². The van der Waals surface area contributed by atoms with Crippen molar-refractivity contribution in [2.45, 2.75) is 51.7 Å². The van der Waals surface area contributed by atoms with Gasteiger partial charge in [-0.2, -0.15) is 0 Å². The van der Waals surface area contributed by atoms with Crippen LogP contribution in [0.15, 0.2) is 0 Å². The number of nitrogens with zero attached hydrogens (tertiary/aromatic N) is 1. The van der Waals surface area contributed by atoms with E-state index in [0.717, 1.165) is 45.6 Å². The summed E-state index contributed by atoms with van der Waals surface area (Å²) in [6.07, 6.45) is 3.52. The van der Waals surface area contributed by atoms with Gasteiger partial charge in [0.15, 0.2) is 0 Å². The minimum Gasteiger partial charge on any atom is -0.383 e. The number of nitrogens with two attached hydrogens (primary N) is 1. The summed E-state index contributed by atoms with van der Waals surface area (Å²) < 4.78 is 11.1. The zero-order valence-corrected chi connectivity index (χ0v) is 13.2. The number of rotatable bonds is 8. The lowest BCUT2D eigenvalue weighted by Crippen LogP contribution is -2.60. The highest BCUT2D eigenvalue weighted by Gasteiger charge is 2.40. The molecule has 1 aliphatic heterocycles. The maximum Gasteiger partial charge on any atom is 0.0590 e. The molecule has 1 saturated heterocycles. The summed E-state index contributed by atoms with van der Waals surface area (Å²) in [7, 11) is 1.77. The maximum absolute atomic E-state index is 6.17. The van der Waals surface area contributed by atoms with Crippen LogP contribution in [0.25, 0.3) is 0 Å². The molecule has 2 N–H and O–H groups in total. The van der Waals surface area contributed by atoms with Gasteiger partial charge in [-0.15, -0.1) is 0 Å². The van der Waals surface area contributed by atoms with Crippen LogP contribution >= 0.6 is 0 Å². The molecule has 4 nitrogen and oxygen atoms in total. The van der Waals surface area contributed by atoms with E-state index in [0.29, 0.717) is 18.6 Å². The van der Waals surface area contributed by atoms with E-state index in [1.165, 1.54) is 0 Å². The molecular formula is C15H32N2O2. The summed E-state index contributed by atoms with van der Waals surface area (Å²) >= 11 is 0. The van der Waals surface area contributed by atoms with E-state index in [4.69, 9.17) is 15.2 Å². The molecule has 0 bridgehead atoms. The van der Waals surface area contributed by atoms with E-state index >= 15 is 0 Å². The van der Waals surface area contributed by atoms with Crippen molar-refractivity contribution in [2.24, 2.45) is 11.7 Å². The minimum atomic E-state index is 0.0989. The van der Waals surface area contributed by atoms with Gasteiger partial charge in [0.1, 0.15) is 0 Å². The molecule has 4 heteroatoms. The van der Waals surface area contributed by atoms with Gasteiger partial charge in [-0.25, -0.2) is 0 Å². The Morgan fingerprint density at radius 3 is 2.74 bits per heavy atom. The third-order valence-electron chi connectivity index (χ3n) is 4.19. The van der Waals surface area contributed by atoms with Crippen LogP contribution in [0.4, 0.5) is 0 Å². The van der Waals surface area contributed by atoms with Crippen molar-refractivity contribution in [3.05, 3.63) is 0 Å².